The fraction of sp³-hybridized carbons (Fsp3) is 0. The summed E-state index contributed by atoms with van der Waals surface area (Å²) < 4.78 is 2.44. The highest BCUT2D eigenvalue weighted by atomic mass is 15.2. The van der Waals surface area contributed by atoms with Crippen LogP contribution in [0.5, 0.6) is 0 Å². The predicted molar refractivity (Wildman–Crippen MR) is 272 cm³/mol. The van der Waals surface area contributed by atoms with Gasteiger partial charge in [-0.1, -0.05) is 206 Å². The molecule has 2 heteroatoms. The summed E-state index contributed by atoms with van der Waals surface area (Å²) in [7, 11) is 0. The van der Waals surface area contributed by atoms with Crippen LogP contribution in [-0.2, 0) is 0 Å². The molecule has 0 N–H and O–H groups in total. The zero-order valence-corrected chi connectivity index (χ0v) is 35.1. The summed E-state index contributed by atoms with van der Waals surface area (Å²) in [4.78, 5) is 2.48. The number of hydrogen-bond donors (Lipinski definition) is 0. The second kappa shape index (κ2) is 15.8. The summed E-state index contributed by atoms with van der Waals surface area (Å²) >= 11 is 0. The molecule has 0 spiro atoms. The van der Waals surface area contributed by atoms with Gasteiger partial charge in [-0.25, -0.2) is 0 Å². The zero-order valence-electron chi connectivity index (χ0n) is 35.1. The van der Waals surface area contributed by atoms with Crippen LogP contribution in [0.3, 0.4) is 0 Å². The fourth-order valence-electron chi connectivity index (χ4n) is 9.87. The maximum Gasteiger partial charge on any atom is 0.0702 e. The highest BCUT2D eigenvalue weighted by Crippen LogP contribution is 2.50. The standard InChI is InChI=1S/C62H42N2/c1-3-18-44(19-4-1)51-24-9-10-27-56(51)62-53(45-20-5-2-6-21-45)28-17-33-61(62)63(59-31-15-16-32-60(59)64-57-29-13-11-25-54(57)55-26-12-14-30-58(55)64)49-39-36-43(37-40-49)47-38-41-52-48(42-47)35-34-46-22-7-8-23-50(46)52/h1-42H. The fourth-order valence-corrected chi connectivity index (χ4v) is 9.87. The molecule has 64 heavy (non-hydrogen) atoms. The van der Waals surface area contributed by atoms with E-state index in [1.807, 2.05) is 0 Å². The molecule has 11 aromatic carbocycles. The van der Waals surface area contributed by atoms with Gasteiger partial charge < -0.3 is 9.47 Å². The first-order valence-electron chi connectivity index (χ1n) is 22.0. The van der Waals surface area contributed by atoms with Gasteiger partial charge in [-0.05, 0) is 109 Å². The normalized spacial score (nSPS) is 11.4. The Kier molecular flexibility index (Phi) is 9.20. The highest BCUT2D eigenvalue weighted by Gasteiger charge is 2.25. The van der Waals surface area contributed by atoms with Crippen LogP contribution >= 0.6 is 0 Å². The third kappa shape index (κ3) is 6.35. The van der Waals surface area contributed by atoms with Gasteiger partial charge in [0.1, 0.15) is 0 Å². The van der Waals surface area contributed by atoms with Gasteiger partial charge >= 0.3 is 0 Å². The molecular formula is C62H42N2. The molecule has 0 radical (unpaired) electrons. The van der Waals surface area contributed by atoms with Crippen LogP contribution in [0.25, 0.3) is 93.5 Å². The van der Waals surface area contributed by atoms with Crippen molar-refractivity contribution < 1.29 is 0 Å². The van der Waals surface area contributed by atoms with E-state index < -0.39 is 0 Å². The van der Waals surface area contributed by atoms with Crippen LogP contribution < -0.4 is 4.90 Å². The number of rotatable bonds is 8. The van der Waals surface area contributed by atoms with Crippen molar-refractivity contribution in [1.82, 2.24) is 4.57 Å². The third-order valence-electron chi connectivity index (χ3n) is 12.8. The number of aromatic nitrogens is 1. The van der Waals surface area contributed by atoms with Crippen molar-refractivity contribution in [2.75, 3.05) is 4.90 Å². The SMILES string of the molecule is c1ccc(-c2ccccc2-c2c(-c3ccccc3)cccc2N(c2ccc(-c3ccc4c(ccc5ccccc54)c3)cc2)c2ccccc2-n2c3ccccc3c3ccccc32)cc1. The highest BCUT2D eigenvalue weighted by molar-refractivity contribution is 6.11. The molecule has 0 aliphatic carbocycles. The number of fused-ring (bicyclic) bond motifs is 6. The first kappa shape index (κ1) is 37.3. The minimum atomic E-state index is 1.06. The van der Waals surface area contributed by atoms with Crippen LogP contribution in [0.15, 0.2) is 255 Å². The Hall–Kier alpha value is -8.46. The van der Waals surface area contributed by atoms with Gasteiger partial charge in [0, 0.05) is 22.0 Å². The minimum Gasteiger partial charge on any atom is -0.308 e. The van der Waals surface area contributed by atoms with Crippen molar-refractivity contribution >= 4 is 60.4 Å². The minimum absolute atomic E-state index is 1.06. The van der Waals surface area contributed by atoms with E-state index in [-0.39, 0.29) is 0 Å². The quantitative estimate of drug-likeness (QED) is 0.139. The average Bonchev–Trinajstić information content (AvgIpc) is 3.71. The molecule has 12 rings (SSSR count). The summed E-state index contributed by atoms with van der Waals surface area (Å²) in [5, 5.41) is 7.51. The largest absolute Gasteiger partial charge is 0.308 e. The molecule has 300 valence electrons. The van der Waals surface area contributed by atoms with E-state index in [9.17, 15) is 0 Å². The van der Waals surface area contributed by atoms with E-state index in [1.54, 1.807) is 0 Å². The monoisotopic (exact) mass is 814 g/mol. The van der Waals surface area contributed by atoms with E-state index in [1.165, 1.54) is 76.7 Å². The van der Waals surface area contributed by atoms with Crippen LogP contribution in [0, 0.1) is 0 Å². The number of para-hydroxylation sites is 4. The summed E-state index contributed by atoms with van der Waals surface area (Å²) in [6.07, 6.45) is 0. The molecule has 0 unspecified atom stereocenters. The first-order valence-corrected chi connectivity index (χ1v) is 22.0. The summed E-state index contributed by atoms with van der Waals surface area (Å²) in [5.74, 6) is 0. The van der Waals surface area contributed by atoms with Gasteiger partial charge in [-0.3, -0.25) is 0 Å². The van der Waals surface area contributed by atoms with Crippen molar-refractivity contribution in [3.63, 3.8) is 0 Å². The van der Waals surface area contributed by atoms with Crippen molar-refractivity contribution in [2.24, 2.45) is 0 Å². The molecular weight excluding hydrogens is 773 g/mol. The molecule has 0 bridgehead atoms. The summed E-state index contributed by atoms with van der Waals surface area (Å²) in [5.41, 5.74) is 16.0. The summed E-state index contributed by atoms with van der Waals surface area (Å²) in [6.45, 7) is 0. The molecule has 2 nitrogen and oxygen atoms in total. The molecule has 0 aliphatic rings. The number of anilines is 3. The Morgan fingerprint density at radius 2 is 0.797 bits per heavy atom. The molecule has 1 heterocycles. The second-order valence-corrected chi connectivity index (χ2v) is 16.4. The van der Waals surface area contributed by atoms with Gasteiger partial charge in [-0.15, -0.1) is 0 Å². The number of hydrogen-bond acceptors (Lipinski definition) is 1. The topological polar surface area (TPSA) is 8.17 Å². The van der Waals surface area contributed by atoms with Gasteiger partial charge in [0.05, 0.1) is 28.1 Å². The summed E-state index contributed by atoms with van der Waals surface area (Å²) in [6, 6.07) is 92.9. The molecule has 0 amide bonds. The predicted octanol–water partition coefficient (Wildman–Crippen LogP) is 17.2. The van der Waals surface area contributed by atoms with Crippen molar-refractivity contribution in [3.05, 3.63) is 255 Å². The molecule has 1 aromatic heterocycles. The Balaban J connectivity index is 1.12. The molecule has 12 aromatic rings. The molecule has 0 aliphatic heterocycles. The lowest BCUT2D eigenvalue weighted by molar-refractivity contribution is 1.15. The molecule has 0 atom stereocenters. The maximum atomic E-state index is 2.48. The first-order chi connectivity index (χ1) is 31.8. The van der Waals surface area contributed by atoms with E-state index in [4.69, 9.17) is 0 Å². The van der Waals surface area contributed by atoms with Gasteiger partial charge in [0.2, 0.25) is 0 Å². The van der Waals surface area contributed by atoms with Gasteiger partial charge in [-0.2, -0.15) is 0 Å². The van der Waals surface area contributed by atoms with Crippen LogP contribution in [-0.4, -0.2) is 4.57 Å². The average molecular weight is 815 g/mol. The van der Waals surface area contributed by atoms with Crippen LogP contribution in [0.1, 0.15) is 0 Å². The van der Waals surface area contributed by atoms with Crippen molar-refractivity contribution in [1.29, 1.82) is 0 Å². The van der Waals surface area contributed by atoms with E-state index in [2.05, 4.69) is 264 Å². The Bertz CT molecular complexity index is 3610. The van der Waals surface area contributed by atoms with Gasteiger partial charge in [0.15, 0.2) is 0 Å². The molecule has 0 saturated heterocycles. The Morgan fingerprint density at radius 3 is 1.53 bits per heavy atom. The maximum absolute atomic E-state index is 2.48. The van der Waals surface area contributed by atoms with E-state index >= 15 is 0 Å². The third-order valence-corrected chi connectivity index (χ3v) is 12.8. The van der Waals surface area contributed by atoms with E-state index in [0.717, 1.165) is 33.9 Å². The van der Waals surface area contributed by atoms with Crippen molar-refractivity contribution in [3.8, 4) is 50.2 Å². The zero-order chi connectivity index (χ0) is 42.4. The Morgan fingerprint density at radius 1 is 0.281 bits per heavy atom. The second-order valence-electron chi connectivity index (χ2n) is 16.4. The lowest BCUT2D eigenvalue weighted by Gasteiger charge is -2.32. The Labute approximate surface area is 373 Å². The lowest BCUT2D eigenvalue weighted by Crippen LogP contribution is -2.14. The van der Waals surface area contributed by atoms with E-state index in [0.29, 0.717) is 0 Å². The van der Waals surface area contributed by atoms with Crippen LogP contribution in [0.2, 0.25) is 0 Å². The number of benzene rings is 11. The lowest BCUT2D eigenvalue weighted by atomic mass is 9.87. The van der Waals surface area contributed by atoms with Crippen LogP contribution in [0.4, 0.5) is 17.1 Å². The van der Waals surface area contributed by atoms with Gasteiger partial charge in [0.25, 0.3) is 0 Å². The smallest absolute Gasteiger partial charge is 0.0702 e. The van der Waals surface area contributed by atoms with Crippen molar-refractivity contribution in [2.45, 2.75) is 0 Å². The molecule has 0 fully saturated rings. The molecule has 0 saturated carbocycles. The number of nitrogens with zero attached hydrogens (tertiary/aromatic N) is 2.